The minimum absolute atomic E-state index is 0.106. The first kappa shape index (κ1) is 17.9. The van der Waals surface area contributed by atoms with E-state index in [-0.39, 0.29) is 4.90 Å². The van der Waals surface area contributed by atoms with Gasteiger partial charge in [0.25, 0.3) is 0 Å². The summed E-state index contributed by atoms with van der Waals surface area (Å²) < 4.78 is 27.5. The van der Waals surface area contributed by atoms with Gasteiger partial charge in [-0.15, -0.1) is 0 Å². The molecule has 0 N–H and O–H groups in total. The Hall–Kier alpha value is -2.47. The molecule has 3 atom stereocenters. The van der Waals surface area contributed by atoms with Crippen molar-refractivity contribution in [3.05, 3.63) is 102 Å². The molecule has 1 saturated heterocycles. The summed E-state index contributed by atoms with van der Waals surface area (Å²) in [6.45, 7) is 0. The number of ketones is 1. The Balaban J connectivity index is 1.82. The van der Waals surface area contributed by atoms with Crippen LogP contribution in [0.1, 0.15) is 22.0 Å². The number of alkyl halides is 1. The molecule has 0 saturated carbocycles. The summed E-state index contributed by atoms with van der Waals surface area (Å²) >= 11 is 6.73. The van der Waals surface area contributed by atoms with Crippen LogP contribution in [0.15, 0.2) is 95.9 Å². The van der Waals surface area contributed by atoms with E-state index >= 15 is 0 Å². The highest BCUT2D eigenvalue weighted by molar-refractivity contribution is 7.89. The lowest BCUT2D eigenvalue weighted by atomic mass is 10.0. The average molecular weight is 398 g/mol. The van der Waals surface area contributed by atoms with Crippen molar-refractivity contribution < 1.29 is 13.2 Å². The van der Waals surface area contributed by atoms with Gasteiger partial charge in [0.2, 0.25) is 15.8 Å². The molecule has 0 spiro atoms. The van der Waals surface area contributed by atoms with Crippen LogP contribution >= 0.6 is 11.6 Å². The molecule has 1 aliphatic heterocycles. The van der Waals surface area contributed by atoms with E-state index in [2.05, 4.69) is 0 Å². The molecule has 6 heteroatoms. The Kier molecular flexibility index (Phi) is 4.38. The molecule has 27 heavy (non-hydrogen) atoms. The van der Waals surface area contributed by atoms with Crippen LogP contribution < -0.4 is 0 Å². The third-order valence-corrected chi connectivity index (χ3v) is 7.16. The third kappa shape index (κ3) is 2.88. The second-order valence-corrected chi connectivity index (χ2v) is 8.69. The molecule has 0 radical (unpaired) electrons. The van der Waals surface area contributed by atoms with Crippen molar-refractivity contribution in [1.29, 1.82) is 0 Å². The van der Waals surface area contributed by atoms with Crippen LogP contribution in [0.4, 0.5) is 0 Å². The zero-order chi connectivity index (χ0) is 19.1. The third-order valence-electron chi connectivity index (χ3n) is 4.62. The van der Waals surface area contributed by atoms with E-state index in [1.807, 2.05) is 6.07 Å². The predicted octanol–water partition coefficient (Wildman–Crippen LogP) is 4.25. The molecule has 1 fully saturated rings. The second-order valence-electron chi connectivity index (χ2n) is 6.30. The molecular weight excluding hydrogens is 382 g/mol. The lowest BCUT2D eigenvalue weighted by molar-refractivity contribution is 0.0965. The zero-order valence-corrected chi connectivity index (χ0v) is 15.8. The highest BCUT2D eigenvalue weighted by atomic mass is 35.5. The van der Waals surface area contributed by atoms with Crippen LogP contribution in [-0.2, 0) is 10.0 Å². The molecule has 0 aliphatic carbocycles. The molecule has 3 aromatic rings. The van der Waals surface area contributed by atoms with Gasteiger partial charge in [-0.05, 0) is 17.7 Å². The van der Waals surface area contributed by atoms with Gasteiger partial charge >= 0.3 is 0 Å². The van der Waals surface area contributed by atoms with Gasteiger partial charge in [0.15, 0.2) is 5.00 Å². The molecule has 3 aromatic carbocycles. The molecule has 0 amide bonds. The van der Waals surface area contributed by atoms with Gasteiger partial charge < -0.3 is 0 Å². The van der Waals surface area contributed by atoms with Gasteiger partial charge in [-0.2, -0.15) is 4.31 Å². The number of rotatable bonds is 5. The Morgan fingerprint density at radius 3 is 1.85 bits per heavy atom. The lowest BCUT2D eigenvalue weighted by Crippen LogP contribution is -2.27. The van der Waals surface area contributed by atoms with Gasteiger partial charge in [0, 0.05) is 5.56 Å². The van der Waals surface area contributed by atoms with Crippen LogP contribution in [0.3, 0.4) is 0 Å². The fourth-order valence-corrected chi connectivity index (χ4v) is 5.75. The monoisotopic (exact) mass is 397 g/mol. The fraction of sp³-hybridized carbons (Fsp3) is 0.0952. The number of halogens is 1. The Labute approximate surface area is 163 Å². The summed E-state index contributed by atoms with van der Waals surface area (Å²) in [7, 11) is -3.94. The quantitative estimate of drug-likeness (QED) is 0.280. The zero-order valence-electron chi connectivity index (χ0n) is 14.2. The molecule has 1 aliphatic rings. The first-order valence-corrected chi connectivity index (χ1v) is 10.2. The molecule has 4 nitrogen and oxygen atoms in total. The predicted molar refractivity (Wildman–Crippen MR) is 104 cm³/mol. The number of hydrogen-bond donors (Lipinski definition) is 0. The average Bonchev–Trinajstić information content (AvgIpc) is 3.37. The maximum absolute atomic E-state index is 13.2. The van der Waals surface area contributed by atoms with Gasteiger partial charge in [0.05, 0.1) is 10.9 Å². The number of benzene rings is 3. The SMILES string of the molecule is O=C(c1ccccc1)[C@]1(Cl)[C@@H](c2ccccc2)N1S(=O)(=O)c1ccccc1. The Morgan fingerprint density at radius 1 is 0.815 bits per heavy atom. The fourth-order valence-electron chi connectivity index (χ4n) is 3.27. The molecule has 0 bridgehead atoms. The maximum Gasteiger partial charge on any atom is 0.245 e. The van der Waals surface area contributed by atoms with E-state index in [1.54, 1.807) is 72.8 Å². The molecule has 136 valence electrons. The normalized spacial score (nSPS) is 24.3. The van der Waals surface area contributed by atoms with Crippen molar-refractivity contribution in [2.24, 2.45) is 0 Å². The van der Waals surface area contributed by atoms with Crippen molar-refractivity contribution in [2.45, 2.75) is 15.9 Å². The highest BCUT2D eigenvalue weighted by Crippen LogP contribution is 2.60. The molecule has 0 aromatic heterocycles. The topological polar surface area (TPSA) is 54.2 Å². The summed E-state index contributed by atoms with van der Waals surface area (Å²) in [5, 5.41) is 0. The number of hydrogen-bond acceptors (Lipinski definition) is 3. The number of Topliss-reactive ketones (excluding diaryl/α,β-unsaturated/α-hetero) is 1. The van der Waals surface area contributed by atoms with Crippen molar-refractivity contribution in [3.8, 4) is 0 Å². The van der Waals surface area contributed by atoms with Gasteiger partial charge in [0.1, 0.15) is 0 Å². The van der Waals surface area contributed by atoms with Crippen LogP contribution in [0.25, 0.3) is 0 Å². The molecular formula is C21H16ClNO3S. The number of carbonyl (C=O) groups is 1. The van der Waals surface area contributed by atoms with E-state index in [0.717, 1.165) is 4.31 Å². The highest BCUT2D eigenvalue weighted by Gasteiger charge is 2.73. The summed E-state index contributed by atoms with van der Waals surface area (Å²) in [6, 6.07) is 24.8. The minimum atomic E-state index is -3.94. The first-order chi connectivity index (χ1) is 13.0. The van der Waals surface area contributed by atoms with E-state index < -0.39 is 26.8 Å². The number of nitrogens with zero attached hydrogens (tertiary/aromatic N) is 1. The largest absolute Gasteiger partial charge is 0.291 e. The van der Waals surface area contributed by atoms with Crippen LogP contribution in [0.2, 0.25) is 0 Å². The molecule has 1 unspecified atom stereocenters. The first-order valence-electron chi connectivity index (χ1n) is 8.40. The van der Waals surface area contributed by atoms with E-state index in [0.29, 0.717) is 11.1 Å². The maximum atomic E-state index is 13.2. The van der Waals surface area contributed by atoms with E-state index in [1.165, 1.54) is 12.1 Å². The standard InChI is InChI=1S/C21H16ClNO3S/c22-21(20(24)17-12-6-2-7-13-17)19(16-10-4-1-5-11-16)23(21)27(25,26)18-14-8-3-9-15-18/h1-15,19H/t19-,21+,23?/m1/s1. The van der Waals surface area contributed by atoms with Crippen molar-refractivity contribution in [2.75, 3.05) is 0 Å². The van der Waals surface area contributed by atoms with Crippen LogP contribution in [-0.4, -0.2) is 23.5 Å². The molecule has 1 heterocycles. The van der Waals surface area contributed by atoms with E-state index in [9.17, 15) is 13.2 Å². The smallest absolute Gasteiger partial charge is 0.245 e. The van der Waals surface area contributed by atoms with Crippen molar-refractivity contribution in [1.82, 2.24) is 4.31 Å². The van der Waals surface area contributed by atoms with Gasteiger partial charge in [-0.1, -0.05) is 90.5 Å². The van der Waals surface area contributed by atoms with Crippen molar-refractivity contribution >= 4 is 27.4 Å². The molecule has 4 rings (SSSR count). The summed E-state index contributed by atoms with van der Waals surface area (Å²) in [5.41, 5.74) is 1.05. The summed E-state index contributed by atoms with van der Waals surface area (Å²) in [4.78, 5) is 11.6. The Morgan fingerprint density at radius 2 is 1.30 bits per heavy atom. The summed E-state index contributed by atoms with van der Waals surface area (Å²) in [5.74, 6) is -0.432. The van der Waals surface area contributed by atoms with Crippen LogP contribution in [0, 0.1) is 0 Å². The van der Waals surface area contributed by atoms with Crippen molar-refractivity contribution in [3.63, 3.8) is 0 Å². The summed E-state index contributed by atoms with van der Waals surface area (Å²) in [6.07, 6.45) is 0. The lowest BCUT2D eigenvalue weighted by Gasteiger charge is -2.10. The van der Waals surface area contributed by atoms with E-state index in [4.69, 9.17) is 11.6 Å². The second kappa shape index (κ2) is 6.60. The number of carbonyl (C=O) groups excluding carboxylic acids is 1. The minimum Gasteiger partial charge on any atom is -0.291 e. The van der Waals surface area contributed by atoms with Gasteiger partial charge in [-0.3, -0.25) is 4.79 Å². The van der Waals surface area contributed by atoms with Crippen LogP contribution in [0.5, 0.6) is 0 Å². The Bertz CT molecular complexity index is 1070. The van der Waals surface area contributed by atoms with Gasteiger partial charge in [-0.25, -0.2) is 8.42 Å². The number of sulfonamides is 1.